The minimum absolute atomic E-state index is 0.122. The van der Waals surface area contributed by atoms with Crippen LogP contribution in [0.4, 0.5) is 5.82 Å². The summed E-state index contributed by atoms with van der Waals surface area (Å²) in [7, 11) is 3.33. The van der Waals surface area contributed by atoms with Crippen molar-refractivity contribution in [2.75, 3.05) is 32.1 Å². The number of anilines is 1. The second-order valence-corrected chi connectivity index (χ2v) is 5.14. The van der Waals surface area contributed by atoms with Gasteiger partial charge in [-0.1, -0.05) is 18.5 Å². The van der Waals surface area contributed by atoms with E-state index in [0.717, 1.165) is 0 Å². The van der Waals surface area contributed by atoms with Crippen LogP contribution in [0.3, 0.4) is 0 Å². The van der Waals surface area contributed by atoms with E-state index in [1.165, 1.54) is 11.1 Å². The highest BCUT2D eigenvalue weighted by Gasteiger charge is 2.18. The standard InChI is InChI=1S/C13H18ClN3O3/c1-9(13(19)20)7-17(3)12(18)8-16(2)11-5-4-10(14)6-15-11/h4-6,9H,7-8H2,1-3H3,(H,19,20). The molecule has 1 N–H and O–H groups in total. The number of amides is 1. The molecule has 0 bridgehead atoms. The van der Waals surface area contributed by atoms with Crippen LogP contribution in [0.2, 0.25) is 5.02 Å². The molecule has 1 aromatic heterocycles. The molecule has 110 valence electrons. The highest BCUT2D eigenvalue weighted by Crippen LogP contribution is 2.13. The summed E-state index contributed by atoms with van der Waals surface area (Å²) in [6.45, 7) is 1.87. The Hall–Kier alpha value is -1.82. The molecule has 1 heterocycles. The van der Waals surface area contributed by atoms with Gasteiger partial charge in [-0.3, -0.25) is 9.59 Å². The number of halogens is 1. The predicted molar refractivity (Wildman–Crippen MR) is 77.0 cm³/mol. The van der Waals surface area contributed by atoms with E-state index in [4.69, 9.17) is 16.7 Å². The van der Waals surface area contributed by atoms with E-state index in [0.29, 0.717) is 10.8 Å². The molecule has 0 saturated carbocycles. The molecule has 1 atom stereocenters. The number of hydrogen-bond acceptors (Lipinski definition) is 4. The molecule has 1 amide bonds. The molecule has 1 rings (SSSR count). The molecule has 0 spiro atoms. The van der Waals surface area contributed by atoms with Gasteiger partial charge < -0.3 is 14.9 Å². The fourth-order valence-electron chi connectivity index (χ4n) is 1.59. The molecule has 0 aliphatic rings. The van der Waals surface area contributed by atoms with Gasteiger partial charge in [0.05, 0.1) is 17.5 Å². The summed E-state index contributed by atoms with van der Waals surface area (Å²) in [5.74, 6) is -1.06. The molecule has 7 heteroatoms. The average molecular weight is 300 g/mol. The van der Waals surface area contributed by atoms with Crippen LogP contribution in [0.1, 0.15) is 6.92 Å². The molecule has 0 aromatic carbocycles. The van der Waals surface area contributed by atoms with Gasteiger partial charge in [-0.2, -0.15) is 0 Å². The number of aliphatic carboxylic acids is 1. The van der Waals surface area contributed by atoms with Crippen molar-refractivity contribution < 1.29 is 14.7 Å². The number of carbonyl (C=O) groups is 2. The summed E-state index contributed by atoms with van der Waals surface area (Å²) >= 11 is 5.75. The van der Waals surface area contributed by atoms with E-state index in [1.807, 2.05) is 0 Å². The number of hydrogen-bond donors (Lipinski definition) is 1. The van der Waals surface area contributed by atoms with Crippen LogP contribution in [0, 0.1) is 5.92 Å². The van der Waals surface area contributed by atoms with Crippen LogP contribution < -0.4 is 4.90 Å². The lowest BCUT2D eigenvalue weighted by Gasteiger charge is -2.23. The number of aromatic nitrogens is 1. The number of likely N-dealkylation sites (N-methyl/N-ethyl adjacent to an activating group) is 2. The molecular formula is C13H18ClN3O3. The Morgan fingerprint density at radius 2 is 2.05 bits per heavy atom. The zero-order chi connectivity index (χ0) is 15.3. The van der Waals surface area contributed by atoms with Crippen LogP contribution in [0.25, 0.3) is 0 Å². The van der Waals surface area contributed by atoms with E-state index in [2.05, 4.69) is 4.98 Å². The predicted octanol–water partition coefficient (Wildman–Crippen LogP) is 1.35. The molecule has 1 unspecified atom stereocenters. The minimum atomic E-state index is -0.919. The zero-order valence-corrected chi connectivity index (χ0v) is 12.5. The van der Waals surface area contributed by atoms with Crippen molar-refractivity contribution in [3.8, 4) is 0 Å². The maximum absolute atomic E-state index is 12.0. The van der Waals surface area contributed by atoms with E-state index in [1.54, 1.807) is 38.1 Å². The Kier molecular flexibility index (Phi) is 5.76. The quantitative estimate of drug-likeness (QED) is 0.858. The molecular weight excluding hydrogens is 282 g/mol. The molecule has 0 fully saturated rings. The highest BCUT2D eigenvalue weighted by molar-refractivity contribution is 6.30. The monoisotopic (exact) mass is 299 g/mol. The first-order chi connectivity index (χ1) is 9.31. The second kappa shape index (κ2) is 7.09. The van der Waals surface area contributed by atoms with Crippen LogP contribution in [0.5, 0.6) is 0 Å². The third-order valence-corrected chi connectivity index (χ3v) is 3.09. The van der Waals surface area contributed by atoms with Gasteiger partial charge in [-0.05, 0) is 12.1 Å². The summed E-state index contributed by atoms with van der Waals surface area (Å²) in [4.78, 5) is 29.9. The number of carboxylic acids is 1. The fraction of sp³-hybridized carbons (Fsp3) is 0.462. The molecule has 20 heavy (non-hydrogen) atoms. The first-order valence-corrected chi connectivity index (χ1v) is 6.48. The topological polar surface area (TPSA) is 73.7 Å². The van der Waals surface area contributed by atoms with Crippen molar-refractivity contribution >= 4 is 29.3 Å². The van der Waals surface area contributed by atoms with Gasteiger partial charge in [0.1, 0.15) is 5.82 Å². The van der Waals surface area contributed by atoms with E-state index in [9.17, 15) is 9.59 Å². The van der Waals surface area contributed by atoms with Gasteiger partial charge in [0.2, 0.25) is 5.91 Å². The Labute approximate surface area is 123 Å². The summed E-state index contributed by atoms with van der Waals surface area (Å²) < 4.78 is 0. The average Bonchev–Trinajstić information content (AvgIpc) is 2.38. The lowest BCUT2D eigenvalue weighted by molar-refractivity contribution is -0.142. The summed E-state index contributed by atoms with van der Waals surface area (Å²) in [5.41, 5.74) is 0. The second-order valence-electron chi connectivity index (χ2n) is 4.70. The summed E-state index contributed by atoms with van der Waals surface area (Å²) in [5, 5.41) is 9.36. The zero-order valence-electron chi connectivity index (χ0n) is 11.7. The van der Waals surface area contributed by atoms with Gasteiger partial charge in [-0.15, -0.1) is 0 Å². The van der Waals surface area contributed by atoms with Gasteiger partial charge in [0.15, 0.2) is 0 Å². The van der Waals surface area contributed by atoms with Crippen molar-refractivity contribution in [1.82, 2.24) is 9.88 Å². The maximum atomic E-state index is 12.0. The molecule has 1 aromatic rings. The third-order valence-electron chi connectivity index (χ3n) is 2.87. The first-order valence-electron chi connectivity index (χ1n) is 6.10. The summed E-state index contributed by atoms with van der Waals surface area (Å²) in [6, 6.07) is 3.41. The van der Waals surface area contributed by atoms with Crippen LogP contribution in [-0.2, 0) is 9.59 Å². The first kappa shape index (κ1) is 16.2. The minimum Gasteiger partial charge on any atom is -0.481 e. The van der Waals surface area contributed by atoms with Gasteiger partial charge in [-0.25, -0.2) is 4.98 Å². The lowest BCUT2D eigenvalue weighted by atomic mass is 10.2. The number of rotatable bonds is 6. The smallest absolute Gasteiger partial charge is 0.308 e. The number of carbonyl (C=O) groups excluding carboxylic acids is 1. The van der Waals surface area contributed by atoms with Gasteiger partial charge >= 0.3 is 5.97 Å². The van der Waals surface area contributed by atoms with Crippen LogP contribution >= 0.6 is 11.6 Å². The number of carboxylic acid groups (broad SMARTS) is 1. The van der Waals surface area contributed by atoms with Gasteiger partial charge in [0.25, 0.3) is 0 Å². The van der Waals surface area contributed by atoms with Crippen molar-refractivity contribution in [3.05, 3.63) is 23.4 Å². The molecule has 0 aliphatic heterocycles. The highest BCUT2D eigenvalue weighted by atomic mass is 35.5. The van der Waals surface area contributed by atoms with Crippen molar-refractivity contribution in [3.63, 3.8) is 0 Å². The van der Waals surface area contributed by atoms with Crippen LogP contribution in [0.15, 0.2) is 18.3 Å². The molecule has 0 saturated heterocycles. The Balaban J connectivity index is 2.56. The molecule has 6 nitrogen and oxygen atoms in total. The Morgan fingerprint density at radius 1 is 1.40 bits per heavy atom. The fourth-order valence-corrected chi connectivity index (χ4v) is 1.70. The van der Waals surface area contributed by atoms with E-state index in [-0.39, 0.29) is 19.0 Å². The Morgan fingerprint density at radius 3 is 2.55 bits per heavy atom. The van der Waals surface area contributed by atoms with Gasteiger partial charge in [0, 0.05) is 26.8 Å². The van der Waals surface area contributed by atoms with Crippen molar-refractivity contribution in [1.29, 1.82) is 0 Å². The SMILES string of the molecule is CC(CN(C)C(=O)CN(C)c1ccc(Cl)cn1)C(=O)O. The molecule has 0 radical (unpaired) electrons. The number of pyridine rings is 1. The van der Waals surface area contributed by atoms with Crippen molar-refractivity contribution in [2.45, 2.75) is 6.92 Å². The largest absolute Gasteiger partial charge is 0.481 e. The van der Waals surface area contributed by atoms with E-state index < -0.39 is 11.9 Å². The maximum Gasteiger partial charge on any atom is 0.308 e. The van der Waals surface area contributed by atoms with Crippen molar-refractivity contribution in [2.24, 2.45) is 5.92 Å². The Bertz CT molecular complexity index is 478. The lowest BCUT2D eigenvalue weighted by Crippen LogP contribution is -2.40. The molecule has 0 aliphatic carbocycles. The number of nitrogens with zero attached hydrogens (tertiary/aromatic N) is 3. The normalized spacial score (nSPS) is 11.8. The van der Waals surface area contributed by atoms with E-state index >= 15 is 0 Å². The van der Waals surface area contributed by atoms with Crippen LogP contribution in [-0.4, -0.2) is 54.1 Å². The summed E-state index contributed by atoms with van der Waals surface area (Å²) in [6.07, 6.45) is 1.51. The third kappa shape index (κ3) is 4.70.